The van der Waals surface area contributed by atoms with Crippen molar-refractivity contribution in [3.63, 3.8) is 0 Å². The minimum absolute atomic E-state index is 0.244. The zero-order valence-electron chi connectivity index (χ0n) is 10.8. The number of nitriles is 1. The molecule has 1 fully saturated rings. The molecule has 1 aromatic rings. The number of nitrogens with zero attached hydrogens (tertiary/aromatic N) is 1. The average molecular weight is 290 g/mol. The first-order valence-corrected chi connectivity index (χ1v) is 7.22. The monoisotopic (exact) mass is 290 g/mol. The Hall–Kier alpha value is -2.00. The molecule has 1 aliphatic rings. The number of amides is 1. The van der Waals surface area contributed by atoms with Gasteiger partial charge in [0, 0.05) is 4.90 Å². The molecule has 6 heteroatoms. The molecule has 1 aromatic carbocycles. The van der Waals surface area contributed by atoms with E-state index >= 15 is 0 Å². The molecule has 1 aliphatic carbocycles. The van der Waals surface area contributed by atoms with Crippen molar-refractivity contribution in [2.75, 3.05) is 5.75 Å². The zero-order chi connectivity index (χ0) is 14.6. The van der Waals surface area contributed by atoms with Crippen LogP contribution in [0.25, 0.3) is 0 Å². The van der Waals surface area contributed by atoms with E-state index in [0.29, 0.717) is 23.3 Å². The Labute approximate surface area is 121 Å². The number of carbonyl (C=O) groups is 2. The summed E-state index contributed by atoms with van der Waals surface area (Å²) in [6.07, 6.45) is 1.72. The molecule has 5 nitrogen and oxygen atoms in total. The maximum absolute atomic E-state index is 12.3. The number of carbonyl (C=O) groups excluding carboxylic acids is 1. The third kappa shape index (κ3) is 2.78. The van der Waals surface area contributed by atoms with E-state index < -0.39 is 17.4 Å². The van der Waals surface area contributed by atoms with Crippen LogP contribution in [0.15, 0.2) is 29.2 Å². The molecule has 1 amide bonds. The molecule has 0 aromatic heterocycles. The first-order valence-electron chi connectivity index (χ1n) is 6.24. The van der Waals surface area contributed by atoms with Gasteiger partial charge in [-0.25, -0.2) is 4.79 Å². The van der Waals surface area contributed by atoms with E-state index in [2.05, 4.69) is 5.32 Å². The second-order valence-corrected chi connectivity index (χ2v) is 5.66. The maximum Gasteiger partial charge on any atom is 0.329 e. The Morgan fingerprint density at radius 2 is 2.10 bits per heavy atom. The Bertz CT molecular complexity index is 576. The third-order valence-corrected chi connectivity index (χ3v) is 4.33. The van der Waals surface area contributed by atoms with Gasteiger partial charge in [0.2, 0.25) is 0 Å². The van der Waals surface area contributed by atoms with Gasteiger partial charge in [-0.2, -0.15) is 5.26 Å². The fraction of sp³-hybridized carbons (Fsp3) is 0.357. The highest BCUT2D eigenvalue weighted by Gasteiger charge is 2.45. The molecule has 0 radical (unpaired) electrons. The second kappa shape index (κ2) is 5.97. The van der Waals surface area contributed by atoms with Crippen LogP contribution in [0.3, 0.4) is 0 Å². The lowest BCUT2D eigenvalue weighted by Gasteiger charge is -2.38. The van der Waals surface area contributed by atoms with Crippen molar-refractivity contribution < 1.29 is 14.7 Å². The van der Waals surface area contributed by atoms with E-state index in [1.54, 1.807) is 24.3 Å². The summed E-state index contributed by atoms with van der Waals surface area (Å²) in [4.78, 5) is 24.2. The number of hydrogen-bond donors (Lipinski definition) is 2. The molecule has 0 saturated heterocycles. The van der Waals surface area contributed by atoms with E-state index in [0.717, 1.165) is 6.42 Å². The zero-order valence-corrected chi connectivity index (χ0v) is 11.6. The summed E-state index contributed by atoms with van der Waals surface area (Å²) in [7, 11) is 0. The predicted molar refractivity (Wildman–Crippen MR) is 74.5 cm³/mol. The molecule has 0 heterocycles. The van der Waals surface area contributed by atoms with Gasteiger partial charge in [0.15, 0.2) is 0 Å². The third-order valence-electron chi connectivity index (χ3n) is 3.39. The van der Waals surface area contributed by atoms with Crippen LogP contribution in [0.5, 0.6) is 0 Å². The summed E-state index contributed by atoms with van der Waals surface area (Å²) >= 11 is 1.27. The lowest BCUT2D eigenvalue weighted by Crippen LogP contribution is -2.59. The number of carboxylic acids is 1. The average Bonchev–Trinajstić information content (AvgIpc) is 2.40. The van der Waals surface area contributed by atoms with E-state index in [1.807, 2.05) is 6.07 Å². The quantitative estimate of drug-likeness (QED) is 0.810. The topological polar surface area (TPSA) is 90.2 Å². The van der Waals surface area contributed by atoms with Crippen molar-refractivity contribution in [1.82, 2.24) is 5.32 Å². The molecule has 0 atom stereocenters. The Morgan fingerprint density at radius 3 is 2.65 bits per heavy atom. The summed E-state index contributed by atoms with van der Waals surface area (Å²) in [5, 5.41) is 20.5. The number of nitrogens with one attached hydrogen (secondary N) is 1. The molecule has 0 spiro atoms. The van der Waals surface area contributed by atoms with E-state index in [-0.39, 0.29) is 5.75 Å². The number of hydrogen-bond acceptors (Lipinski definition) is 4. The van der Waals surface area contributed by atoms with Crippen LogP contribution in [0.4, 0.5) is 0 Å². The summed E-state index contributed by atoms with van der Waals surface area (Å²) in [5.41, 5.74) is -0.704. The number of carboxylic acid groups (broad SMARTS) is 1. The van der Waals surface area contributed by atoms with Crippen molar-refractivity contribution in [2.24, 2.45) is 0 Å². The van der Waals surface area contributed by atoms with Gasteiger partial charge in [0.05, 0.1) is 17.4 Å². The van der Waals surface area contributed by atoms with Crippen molar-refractivity contribution >= 4 is 23.6 Å². The summed E-state index contributed by atoms with van der Waals surface area (Å²) in [6.45, 7) is 0. The molecule has 2 rings (SSSR count). The standard InChI is InChI=1S/C14H14N2O3S/c15-8-9-20-11-5-2-1-4-10(11)12(17)16-14(13(18)19)6-3-7-14/h1-2,4-5H,3,6-7,9H2,(H,16,17)(H,18,19). The van der Waals surface area contributed by atoms with Crippen LogP contribution in [0, 0.1) is 11.3 Å². The lowest BCUT2D eigenvalue weighted by atomic mass is 9.76. The van der Waals surface area contributed by atoms with Crippen LogP contribution in [0.2, 0.25) is 0 Å². The lowest BCUT2D eigenvalue weighted by molar-refractivity contribution is -0.148. The van der Waals surface area contributed by atoms with Gasteiger partial charge < -0.3 is 10.4 Å². The van der Waals surface area contributed by atoms with E-state index in [1.165, 1.54) is 11.8 Å². The highest BCUT2D eigenvalue weighted by atomic mass is 32.2. The molecule has 20 heavy (non-hydrogen) atoms. The molecule has 0 aliphatic heterocycles. The second-order valence-electron chi connectivity index (χ2n) is 4.64. The van der Waals surface area contributed by atoms with Crippen LogP contribution in [-0.4, -0.2) is 28.3 Å². The number of rotatable bonds is 5. The van der Waals surface area contributed by atoms with Crippen LogP contribution in [-0.2, 0) is 4.79 Å². The van der Waals surface area contributed by atoms with Gasteiger partial charge in [-0.1, -0.05) is 12.1 Å². The normalized spacial score (nSPS) is 15.8. The highest BCUT2D eigenvalue weighted by Crippen LogP contribution is 2.33. The Morgan fingerprint density at radius 1 is 1.40 bits per heavy atom. The first-order chi connectivity index (χ1) is 9.59. The predicted octanol–water partition coefficient (Wildman–Crippen LogP) is 2.04. The molecule has 2 N–H and O–H groups in total. The Balaban J connectivity index is 2.17. The van der Waals surface area contributed by atoms with Crippen LogP contribution >= 0.6 is 11.8 Å². The fourth-order valence-corrected chi connectivity index (χ4v) is 2.81. The molecule has 0 bridgehead atoms. The maximum atomic E-state index is 12.3. The highest BCUT2D eigenvalue weighted by molar-refractivity contribution is 7.99. The molecular weight excluding hydrogens is 276 g/mol. The SMILES string of the molecule is N#CCSc1ccccc1C(=O)NC1(C(=O)O)CCC1. The van der Waals surface area contributed by atoms with E-state index in [4.69, 9.17) is 5.26 Å². The minimum Gasteiger partial charge on any atom is -0.480 e. The first kappa shape index (κ1) is 14.4. The smallest absolute Gasteiger partial charge is 0.329 e. The van der Waals surface area contributed by atoms with Crippen molar-refractivity contribution in [3.05, 3.63) is 29.8 Å². The van der Waals surface area contributed by atoms with Gasteiger partial charge in [-0.15, -0.1) is 11.8 Å². The molecule has 1 saturated carbocycles. The number of aliphatic carboxylic acids is 1. The number of thioether (sulfide) groups is 1. The van der Waals surface area contributed by atoms with Gasteiger partial charge in [0.1, 0.15) is 5.54 Å². The minimum atomic E-state index is -1.12. The summed E-state index contributed by atoms with van der Waals surface area (Å²) < 4.78 is 0. The van der Waals surface area contributed by atoms with Crippen molar-refractivity contribution in [1.29, 1.82) is 5.26 Å². The van der Waals surface area contributed by atoms with Gasteiger partial charge in [-0.05, 0) is 31.4 Å². The number of benzene rings is 1. The largest absolute Gasteiger partial charge is 0.480 e. The van der Waals surface area contributed by atoms with Crippen molar-refractivity contribution in [3.8, 4) is 6.07 Å². The fourth-order valence-electron chi connectivity index (χ4n) is 2.10. The molecule has 0 unspecified atom stereocenters. The molecular formula is C14H14N2O3S. The van der Waals surface area contributed by atoms with Gasteiger partial charge >= 0.3 is 5.97 Å². The van der Waals surface area contributed by atoms with Crippen LogP contribution < -0.4 is 5.32 Å². The Kier molecular flexibility index (Phi) is 4.30. The van der Waals surface area contributed by atoms with E-state index in [9.17, 15) is 14.7 Å². The summed E-state index contributed by atoms with van der Waals surface area (Å²) in [5.74, 6) is -1.14. The van der Waals surface area contributed by atoms with Crippen molar-refractivity contribution in [2.45, 2.75) is 29.7 Å². The molecule has 104 valence electrons. The van der Waals surface area contributed by atoms with Gasteiger partial charge in [-0.3, -0.25) is 4.79 Å². The summed E-state index contributed by atoms with van der Waals surface area (Å²) in [6, 6.07) is 8.91. The van der Waals surface area contributed by atoms with Gasteiger partial charge in [0.25, 0.3) is 5.91 Å². The van der Waals surface area contributed by atoms with Crippen LogP contribution in [0.1, 0.15) is 29.6 Å².